The molecular formula is C30H48. The van der Waals surface area contributed by atoms with Crippen LogP contribution >= 0.6 is 0 Å². The molecule has 0 unspecified atom stereocenters. The van der Waals surface area contributed by atoms with Crippen LogP contribution in [0.2, 0.25) is 0 Å². The molecule has 2 atom stereocenters. The van der Waals surface area contributed by atoms with Crippen LogP contribution in [0.3, 0.4) is 0 Å². The van der Waals surface area contributed by atoms with Crippen LogP contribution < -0.4 is 0 Å². The number of rotatable bonds is 10. The largest absolute Gasteiger partial charge is 0.103 e. The number of hydrogen-bond donors (Lipinski definition) is 0. The van der Waals surface area contributed by atoms with Crippen molar-refractivity contribution in [1.29, 1.82) is 0 Å². The molecule has 0 radical (unpaired) electrons. The first kappa shape index (κ1) is 26.6. The molecule has 0 saturated carbocycles. The Balaban J connectivity index is 3.22. The van der Waals surface area contributed by atoms with Crippen molar-refractivity contribution in [2.75, 3.05) is 0 Å². The maximum absolute atomic E-state index is 3.58. The monoisotopic (exact) mass is 408 g/mol. The Hall–Kier alpha value is -1.40. The van der Waals surface area contributed by atoms with Gasteiger partial charge in [-0.25, -0.2) is 0 Å². The highest BCUT2D eigenvalue weighted by Crippen LogP contribution is 2.41. The third kappa shape index (κ3) is 8.76. The van der Waals surface area contributed by atoms with E-state index in [0.717, 1.165) is 25.7 Å². The molecule has 0 aliphatic heterocycles. The van der Waals surface area contributed by atoms with Crippen molar-refractivity contribution in [3.05, 3.63) is 22.3 Å². The molecule has 0 N–H and O–H groups in total. The molecule has 0 bridgehead atoms. The number of unbranched alkanes of at least 4 members (excludes halogenated alkanes) is 4. The first-order chi connectivity index (χ1) is 14.7. The number of hydrogen-bond acceptors (Lipinski definition) is 0. The van der Waals surface area contributed by atoms with Crippen LogP contribution in [0.5, 0.6) is 0 Å². The summed E-state index contributed by atoms with van der Waals surface area (Å²) in [7, 11) is 0. The zero-order valence-corrected chi connectivity index (χ0v) is 21.1. The SMILES string of the molecule is CCCCC#CC[C@H]1C/C(CC)=C(CC)\C(CC)=C(\CC)C[C@@H]1CC#CCCCC. The highest BCUT2D eigenvalue weighted by atomic mass is 14.3. The van der Waals surface area contributed by atoms with E-state index < -0.39 is 0 Å². The summed E-state index contributed by atoms with van der Waals surface area (Å²) in [5.41, 5.74) is 6.75. The van der Waals surface area contributed by atoms with Gasteiger partial charge in [0.15, 0.2) is 0 Å². The van der Waals surface area contributed by atoms with Crippen LogP contribution in [-0.2, 0) is 0 Å². The van der Waals surface area contributed by atoms with E-state index in [0.29, 0.717) is 11.8 Å². The predicted molar refractivity (Wildman–Crippen MR) is 135 cm³/mol. The molecule has 0 aromatic heterocycles. The molecule has 0 heterocycles. The van der Waals surface area contributed by atoms with Gasteiger partial charge in [-0.2, -0.15) is 0 Å². The van der Waals surface area contributed by atoms with E-state index in [1.54, 1.807) is 22.3 Å². The molecule has 1 aliphatic carbocycles. The summed E-state index contributed by atoms with van der Waals surface area (Å²) >= 11 is 0. The summed E-state index contributed by atoms with van der Waals surface area (Å²) in [6.45, 7) is 13.9. The molecule has 30 heavy (non-hydrogen) atoms. The highest BCUT2D eigenvalue weighted by molar-refractivity contribution is 5.40. The zero-order valence-electron chi connectivity index (χ0n) is 21.1. The summed E-state index contributed by atoms with van der Waals surface area (Å²) in [6.07, 6.45) is 16.3. The van der Waals surface area contributed by atoms with Crippen LogP contribution in [0.25, 0.3) is 0 Å². The first-order valence-electron chi connectivity index (χ1n) is 13.0. The average Bonchev–Trinajstić information content (AvgIpc) is 2.76. The van der Waals surface area contributed by atoms with Crippen LogP contribution in [-0.4, -0.2) is 0 Å². The Morgan fingerprint density at radius 1 is 0.567 bits per heavy atom. The minimum atomic E-state index is 0.649. The fourth-order valence-corrected chi connectivity index (χ4v) is 4.87. The van der Waals surface area contributed by atoms with Crippen molar-refractivity contribution >= 4 is 0 Å². The first-order valence-corrected chi connectivity index (χ1v) is 13.0. The molecule has 0 nitrogen and oxygen atoms in total. The van der Waals surface area contributed by atoms with Crippen molar-refractivity contribution < 1.29 is 0 Å². The van der Waals surface area contributed by atoms with Crippen molar-refractivity contribution in [1.82, 2.24) is 0 Å². The second-order valence-electron chi connectivity index (χ2n) is 8.83. The fraction of sp³-hybridized carbons (Fsp3) is 0.733. The van der Waals surface area contributed by atoms with Crippen LogP contribution in [0.4, 0.5) is 0 Å². The van der Waals surface area contributed by atoms with E-state index >= 15 is 0 Å². The quantitative estimate of drug-likeness (QED) is 0.249. The third-order valence-electron chi connectivity index (χ3n) is 6.75. The lowest BCUT2D eigenvalue weighted by Crippen LogP contribution is -2.20. The van der Waals surface area contributed by atoms with Crippen LogP contribution in [0, 0.1) is 35.5 Å². The van der Waals surface area contributed by atoms with Gasteiger partial charge in [-0.3, -0.25) is 0 Å². The van der Waals surface area contributed by atoms with Gasteiger partial charge >= 0.3 is 0 Å². The van der Waals surface area contributed by atoms with Gasteiger partial charge in [-0.05, 0) is 74.3 Å². The summed E-state index contributed by atoms with van der Waals surface area (Å²) < 4.78 is 0. The minimum Gasteiger partial charge on any atom is -0.103 e. The van der Waals surface area contributed by atoms with E-state index in [1.165, 1.54) is 64.2 Å². The molecular weight excluding hydrogens is 360 g/mol. The molecule has 0 aromatic rings. The van der Waals surface area contributed by atoms with Gasteiger partial charge in [-0.1, -0.05) is 65.5 Å². The van der Waals surface area contributed by atoms with E-state index in [1.807, 2.05) is 0 Å². The summed E-state index contributed by atoms with van der Waals surface area (Å²) in [5.74, 6) is 15.4. The van der Waals surface area contributed by atoms with Crippen molar-refractivity contribution in [2.45, 2.75) is 131 Å². The molecule has 0 amide bonds. The van der Waals surface area contributed by atoms with E-state index in [4.69, 9.17) is 0 Å². The third-order valence-corrected chi connectivity index (χ3v) is 6.75. The van der Waals surface area contributed by atoms with Crippen molar-refractivity contribution in [3.8, 4) is 23.7 Å². The molecule has 0 saturated heterocycles. The van der Waals surface area contributed by atoms with E-state index in [9.17, 15) is 0 Å². The Bertz CT molecular complexity index is 604. The summed E-state index contributed by atoms with van der Waals surface area (Å²) in [4.78, 5) is 0. The fourth-order valence-electron chi connectivity index (χ4n) is 4.87. The molecule has 1 rings (SSSR count). The number of allylic oxidation sites excluding steroid dienone is 4. The van der Waals surface area contributed by atoms with Gasteiger partial charge in [0.25, 0.3) is 0 Å². The van der Waals surface area contributed by atoms with Crippen molar-refractivity contribution in [3.63, 3.8) is 0 Å². The normalized spacial score (nSPS) is 24.3. The van der Waals surface area contributed by atoms with Gasteiger partial charge < -0.3 is 0 Å². The second-order valence-corrected chi connectivity index (χ2v) is 8.83. The molecule has 0 fully saturated rings. The summed E-state index contributed by atoms with van der Waals surface area (Å²) in [6, 6.07) is 0. The zero-order chi connectivity index (χ0) is 22.2. The molecule has 1 aliphatic rings. The Morgan fingerprint density at radius 2 is 0.967 bits per heavy atom. The van der Waals surface area contributed by atoms with Crippen LogP contribution in [0.1, 0.15) is 131 Å². The Labute approximate surface area is 189 Å². The van der Waals surface area contributed by atoms with E-state index in [-0.39, 0.29) is 0 Å². The topological polar surface area (TPSA) is 0 Å². The lowest BCUT2D eigenvalue weighted by molar-refractivity contribution is 0.329. The maximum atomic E-state index is 3.58. The summed E-state index contributed by atoms with van der Waals surface area (Å²) in [5, 5.41) is 0. The second kappa shape index (κ2) is 16.3. The molecule has 0 spiro atoms. The molecule has 0 aromatic carbocycles. The predicted octanol–water partition coefficient (Wildman–Crippen LogP) is 9.41. The minimum absolute atomic E-state index is 0.649. The van der Waals surface area contributed by atoms with Gasteiger partial charge in [0.2, 0.25) is 0 Å². The highest BCUT2D eigenvalue weighted by Gasteiger charge is 2.27. The van der Waals surface area contributed by atoms with Crippen LogP contribution in [0.15, 0.2) is 22.3 Å². The Morgan fingerprint density at radius 3 is 1.27 bits per heavy atom. The maximum Gasteiger partial charge on any atom is 0.0123 e. The lowest BCUT2D eigenvalue weighted by Gasteiger charge is -2.32. The van der Waals surface area contributed by atoms with E-state index in [2.05, 4.69) is 65.2 Å². The standard InChI is InChI=1S/C30H48/c1-7-13-15-17-19-21-27-23-25(9-3)29(11-5)30(12-6)26(10-4)24-28(27)22-20-18-16-14-8-2/h27-28H,7-16,21-24H2,1-6H3/b29-25-,30-26-/t27-,28-/m0/s1. The van der Waals surface area contributed by atoms with Gasteiger partial charge in [0.05, 0.1) is 0 Å². The average molecular weight is 409 g/mol. The molecule has 168 valence electrons. The smallest absolute Gasteiger partial charge is 0.0123 e. The van der Waals surface area contributed by atoms with Gasteiger partial charge in [-0.15, -0.1) is 23.7 Å². The lowest BCUT2D eigenvalue weighted by atomic mass is 9.72. The Kier molecular flexibility index (Phi) is 14.5. The van der Waals surface area contributed by atoms with Gasteiger partial charge in [0.1, 0.15) is 0 Å². The van der Waals surface area contributed by atoms with Gasteiger partial charge in [0, 0.05) is 25.7 Å². The van der Waals surface area contributed by atoms with Crippen molar-refractivity contribution in [2.24, 2.45) is 11.8 Å². The molecule has 0 heteroatoms.